The van der Waals surface area contributed by atoms with E-state index in [1.54, 1.807) is 0 Å². The summed E-state index contributed by atoms with van der Waals surface area (Å²) in [6, 6.07) is 12.1. The van der Waals surface area contributed by atoms with E-state index in [2.05, 4.69) is 34.0 Å². The van der Waals surface area contributed by atoms with E-state index < -0.39 is 0 Å². The Labute approximate surface area is 155 Å². The van der Waals surface area contributed by atoms with Crippen LogP contribution in [0.5, 0.6) is 5.75 Å². The fourth-order valence-corrected chi connectivity index (χ4v) is 3.35. The Morgan fingerprint density at radius 1 is 1.24 bits per heavy atom. The number of aliphatic hydroxyl groups excluding tert-OH is 1. The van der Waals surface area contributed by atoms with Crippen LogP contribution in [0.3, 0.4) is 0 Å². The first-order valence-corrected chi connectivity index (χ1v) is 9.32. The number of benzene rings is 2. The first-order valence-electron chi connectivity index (χ1n) is 8.53. The van der Waals surface area contributed by atoms with Crippen LogP contribution in [0.25, 0.3) is 10.9 Å². The van der Waals surface area contributed by atoms with Gasteiger partial charge in [0, 0.05) is 20.8 Å². The van der Waals surface area contributed by atoms with E-state index in [0.717, 1.165) is 38.9 Å². The van der Waals surface area contributed by atoms with Crippen LogP contribution >= 0.6 is 15.9 Å². The van der Waals surface area contributed by atoms with Gasteiger partial charge in [0.05, 0.1) is 31.5 Å². The van der Waals surface area contributed by atoms with Gasteiger partial charge in [-0.2, -0.15) is 5.10 Å². The molecular formula is C20H21BrN2O2. The Morgan fingerprint density at radius 2 is 2.08 bits per heavy atom. The number of hydrogen-bond acceptors (Lipinski definition) is 3. The molecule has 0 amide bonds. The lowest BCUT2D eigenvalue weighted by atomic mass is 10.1. The summed E-state index contributed by atoms with van der Waals surface area (Å²) in [5, 5.41) is 14.8. The number of hydrogen-bond donors (Lipinski definition) is 1. The summed E-state index contributed by atoms with van der Waals surface area (Å²) in [6.07, 6.45) is 4.34. The second-order valence-corrected chi connectivity index (χ2v) is 8.12. The van der Waals surface area contributed by atoms with Gasteiger partial charge in [-0.3, -0.25) is 4.68 Å². The van der Waals surface area contributed by atoms with Crippen LogP contribution in [-0.2, 0) is 13.2 Å². The zero-order valence-electron chi connectivity index (χ0n) is 14.2. The molecule has 25 heavy (non-hydrogen) atoms. The number of ether oxygens (including phenoxy) is 1. The molecule has 0 bridgehead atoms. The van der Waals surface area contributed by atoms with Crippen LogP contribution in [-0.4, -0.2) is 21.5 Å². The molecule has 1 aliphatic rings. The Kier molecular flexibility index (Phi) is 4.29. The highest BCUT2D eigenvalue weighted by Crippen LogP contribution is 2.45. The van der Waals surface area contributed by atoms with Gasteiger partial charge in [0.25, 0.3) is 0 Å². The minimum atomic E-state index is 0.0451. The molecule has 1 aromatic heterocycles. The molecule has 0 unspecified atom stereocenters. The van der Waals surface area contributed by atoms with Gasteiger partial charge < -0.3 is 9.84 Å². The average molecular weight is 401 g/mol. The maximum Gasteiger partial charge on any atom is 0.124 e. The van der Waals surface area contributed by atoms with Crippen molar-refractivity contribution in [1.82, 2.24) is 9.78 Å². The Morgan fingerprint density at radius 3 is 2.84 bits per heavy atom. The number of nitrogens with zero attached hydrogens (tertiary/aromatic N) is 2. The maximum absolute atomic E-state index is 9.29. The second-order valence-electron chi connectivity index (χ2n) is 7.20. The van der Waals surface area contributed by atoms with Crippen molar-refractivity contribution >= 4 is 26.8 Å². The maximum atomic E-state index is 9.29. The molecule has 1 fully saturated rings. The molecule has 1 N–H and O–H groups in total. The highest BCUT2D eigenvalue weighted by Gasteiger charge is 2.38. The molecule has 1 saturated carbocycles. The van der Waals surface area contributed by atoms with E-state index in [0.29, 0.717) is 12.0 Å². The lowest BCUT2D eigenvalue weighted by Gasteiger charge is -2.15. The lowest BCUT2D eigenvalue weighted by molar-refractivity contribution is 0.245. The van der Waals surface area contributed by atoms with Crippen LogP contribution in [0.1, 0.15) is 30.9 Å². The summed E-state index contributed by atoms with van der Waals surface area (Å²) in [5.41, 5.74) is 3.41. The van der Waals surface area contributed by atoms with E-state index in [1.165, 1.54) is 12.8 Å². The zero-order valence-corrected chi connectivity index (χ0v) is 15.8. The molecule has 0 saturated heterocycles. The minimum absolute atomic E-state index is 0.0451. The third-order valence-electron chi connectivity index (χ3n) is 4.91. The van der Waals surface area contributed by atoms with Crippen molar-refractivity contribution in [1.29, 1.82) is 0 Å². The number of halogens is 1. The molecule has 0 aliphatic heterocycles. The van der Waals surface area contributed by atoms with Crippen LogP contribution in [0.15, 0.2) is 47.1 Å². The van der Waals surface area contributed by atoms with Gasteiger partial charge in [0.15, 0.2) is 0 Å². The number of fused-ring (bicyclic) bond motifs is 1. The number of aliphatic hydroxyl groups is 1. The Balaban J connectivity index is 1.62. The second kappa shape index (κ2) is 6.46. The van der Waals surface area contributed by atoms with Crippen LogP contribution in [0.4, 0.5) is 0 Å². The molecular weight excluding hydrogens is 380 g/mol. The third kappa shape index (κ3) is 3.58. The molecule has 130 valence electrons. The number of rotatable bonds is 6. The van der Waals surface area contributed by atoms with Crippen molar-refractivity contribution in [3.8, 4) is 5.75 Å². The topological polar surface area (TPSA) is 47.3 Å². The summed E-state index contributed by atoms with van der Waals surface area (Å²) in [6.45, 7) is 3.73. The summed E-state index contributed by atoms with van der Waals surface area (Å²) in [7, 11) is 0. The molecule has 1 heterocycles. The molecule has 3 aromatic rings. The first-order chi connectivity index (χ1) is 12.1. The summed E-state index contributed by atoms with van der Waals surface area (Å²) in [4.78, 5) is 0. The molecule has 5 heteroatoms. The molecule has 2 aromatic carbocycles. The van der Waals surface area contributed by atoms with Crippen molar-refractivity contribution in [3.63, 3.8) is 0 Å². The summed E-state index contributed by atoms with van der Waals surface area (Å²) in [5.74, 6) is 0.923. The molecule has 0 atom stereocenters. The molecule has 4 nitrogen and oxygen atoms in total. The Hall–Kier alpha value is -1.85. The minimum Gasteiger partial charge on any atom is -0.493 e. The normalized spacial score (nSPS) is 15.5. The third-order valence-corrected chi connectivity index (χ3v) is 5.40. The van der Waals surface area contributed by atoms with Crippen molar-refractivity contribution < 1.29 is 9.84 Å². The zero-order chi connectivity index (χ0) is 17.4. The number of aromatic nitrogens is 2. The van der Waals surface area contributed by atoms with Crippen LogP contribution in [0.2, 0.25) is 0 Å². The summed E-state index contributed by atoms with van der Waals surface area (Å²) >= 11 is 3.56. The van der Waals surface area contributed by atoms with Gasteiger partial charge in [-0.1, -0.05) is 28.9 Å². The fourth-order valence-electron chi connectivity index (χ4n) is 2.94. The molecule has 1 aliphatic carbocycles. The molecule has 0 radical (unpaired) electrons. The van der Waals surface area contributed by atoms with Gasteiger partial charge in [-0.05, 0) is 48.7 Å². The van der Waals surface area contributed by atoms with Gasteiger partial charge in [0.1, 0.15) is 5.75 Å². The standard InChI is InChI=1S/C20H21BrN2O2/c1-20(6-7-20)13-25-19-5-3-17(21)9-16(19)11-23-18-4-2-14(12-24)8-15(18)10-22-23/h2-5,8-10,24H,6-7,11-13H2,1H3. The van der Waals surface area contributed by atoms with Gasteiger partial charge >= 0.3 is 0 Å². The van der Waals surface area contributed by atoms with Crippen LogP contribution < -0.4 is 4.74 Å². The lowest BCUT2D eigenvalue weighted by Crippen LogP contribution is -2.11. The van der Waals surface area contributed by atoms with Gasteiger partial charge in [-0.25, -0.2) is 0 Å². The largest absolute Gasteiger partial charge is 0.493 e. The fraction of sp³-hybridized carbons (Fsp3) is 0.350. The average Bonchev–Trinajstić information content (AvgIpc) is 3.22. The smallest absolute Gasteiger partial charge is 0.124 e. The highest BCUT2D eigenvalue weighted by atomic mass is 79.9. The van der Waals surface area contributed by atoms with Gasteiger partial charge in [-0.15, -0.1) is 0 Å². The van der Waals surface area contributed by atoms with Crippen LogP contribution in [0, 0.1) is 5.41 Å². The van der Waals surface area contributed by atoms with E-state index in [4.69, 9.17) is 4.74 Å². The summed E-state index contributed by atoms with van der Waals surface area (Å²) < 4.78 is 9.13. The van der Waals surface area contributed by atoms with E-state index in [-0.39, 0.29) is 6.61 Å². The van der Waals surface area contributed by atoms with Crippen molar-refractivity contribution in [2.75, 3.05) is 6.61 Å². The van der Waals surface area contributed by atoms with E-state index >= 15 is 0 Å². The van der Waals surface area contributed by atoms with Crippen molar-refractivity contribution in [2.24, 2.45) is 5.41 Å². The molecule has 4 rings (SSSR count). The predicted molar refractivity (Wildman–Crippen MR) is 102 cm³/mol. The quantitative estimate of drug-likeness (QED) is 0.661. The highest BCUT2D eigenvalue weighted by molar-refractivity contribution is 9.10. The van der Waals surface area contributed by atoms with Crippen molar-refractivity contribution in [3.05, 3.63) is 58.2 Å². The first kappa shape index (κ1) is 16.6. The van der Waals surface area contributed by atoms with E-state index in [1.807, 2.05) is 41.2 Å². The van der Waals surface area contributed by atoms with E-state index in [9.17, 15) is 5.11 Å². The monoisotopic (exact) mass is 400 g/mol. The molecule has 0 spiro atoms. The SMILES string of the molecule is CC1(COc2ccc(Br)cc2Cn2ncc3cc(CO)ccc32)CC1. The Bertz CT molecular complexity index is 915. The van der Waals surface area contributed by atoms with Crippen molar-refractivity contribution in [2.45, 2.75) is 32.9 Å². The predicted octanol–water partition coefficient (Wildman–Crippen LogP) is 4.52. The van der Waals surface area contributed by atoms with Gasteiger partial charge in [0.2, 0.25) is 0 Å².